The van der Waals surface area contributed by atoms with E-state index in [9.17, 15) is 0 Å². The summed E-state index contributed by atoms with van der Waals surface area (Å²) >= 11 is 3.45. The van der Waals surface area contributed by atoms with Crippen molar-refractivity contribution in [1.82, 2.24) is 5.32 Å². The van der Waals surface area contributed by atoms with Crippen molar-refractivity contribution < 1.29 is 0 Å². The Morgan fingerprint density at radius 2 is 2.21 bits per heavy atom. The Kier molecular flexibility index (Phi) is 4.42. The summed E-state index contributed by atoms with van der Waals surface area (Å²) in [5, 5.41) is 3.22. The number of anilines is 1. The Labute approximate surface area is 94.0 Å². The Hall–Kier alpha value is -0.540. The molecule has 1 rings (SSSR count). The fourth-order valence-electron chi connectivity index (χ4n) is 1.31. The number of nitrogen functional groups attached to an aromatic ring is 1. The van der Waals surface area contributed by atoms with Crippen LogP contribution in [0.2, 0.25) is 0 Å². The first-order chi connectivity index (χ1) is 6.63. The molecule has 1 aromatic carbocycles. The lowest BCUT2D eigenvalue weighted by Gasteiger charge is -2.11. The van der Waals surface area contributed by atoms with Crippen LogP contribution in [0.4, 0.5) is 5.69 Å². The minimum atomic E-state index is 0.536. The highest BCUT2D eigenvalue weighted by atomic mass is 79.9. The summed E-state index contributed by atoms with van der Waals surface area (Å²) in [4.78, 5) is 0. The molecule has 0 aliphatic rings. The summed E-state index contributed by atoms with van der Waals surface area (Å²) in [6, 6.07) is 6.55. The van der Waals surface area contributed by atoms with E-state index in [4.69, 9.17) is 5.73 Å². The highest BCUT2D eigenvalue weighted by Gasteiger charge is 2.03. The molecule has 1 unspecified atom stereocenters. The van der Waals surface area contributed by atoms with Gasteiger partial charge >= 0.3 is 0 Å². The maximum atomic E-state index is 5.88. The minimum Gasteiger partial charge on any atom is -0.399 e. The van der Waals surface area contributed by atoms with E-state index in [1.54, 1.807) is 0 Å². The molecule has 1 aromatic rings. The summed E-state index contributed by atoms with van der Waals surface area (Å²) in [5.74, 6) is 0. The quantitative estimate of drug-likeness (QED) is 0.813. The Morgan fingerprint density at radius 3 is 2.86 bits per heavy atom. The van der Waals surface area contributed by atoms with Crippen LogP contribution in [-0.2, 0) is 6.42 Å². The molecule has 0 heterocycles. The maximum absolute atomic E-state index is 5.88. The van der Waals surface area contributed by atoms with Crippen molar-refractivity contribution in [1.29, 1.82) is 0 Å². The first kappa shape index (κ1) is 11.5. The van der Waals surface area contributed by atoms with Gasteiger partial charge in [-0.25, -0.2) is 0 Å². The highest BCUT2D eigenvalue weighted by molar-refractivity contribution is 9.10. The summed E-state index contributed by atoms with van der Waals surface area (Å²) in [6.07, 6.45) is 2.13. The van der Waals surface area contributed by atoms with Crippen molar-refractivity contribution >= 4 is 21.6 Å². The van der Waals surface area contributed by atoms with Gasteiger partial charge < -0.3 is 11.1 Å². The molecular formula is C11H17BrN2. The largest absolute Gasteiger partial charge is 0.399 e. The lowest BCUT2D eigenvalue weighted by molar-refractivity contribution is 0.565. The topological polar surface area (TPSA) is 38.0 Å². The average molecular weight is 257 g/mol. The highest BCUT2D eigenvalue weighted by Crippen LogP contribution is 2.20. The summed E-state index contributed by atoms with van der Waals surface area (Å²) < 4.78 is 1.10. The molecule has 0 aliphatic heterocycles. The molecule has 0 radical (unpaired) electrons. The number of halogens is 1. The van der Waals surface area contributed by atoms with Gasteiger partial charge in [0.2, 0.25) is 0 Å². The van der Waals surface area contributed by atoms with Gasteiger partial charge in [0.25, 0.3) is 0 Å². The fourth-order valence-corrected chi connectivity index (χ4v) is 1.72. The van der Waals surface area contributed by atoms with E-state index in [-0.39, 0.29) is 0 Å². The molecule has 0 saturated carbocycles. The Bertz CT molecular complexity index is 299. The van der Waals surface area contributed by atoms with Crippen LogP contribution < -0.4 is 11.1 Å². The predicted molar refractivity (Wildman–Crippen MR) is 65.4 cm³/mol. The second-order valence-electron chi connectivity index (χ2n) is 3.57. The van der Waals surface area contributed by atoms with Crippen LogP contribution in [0.5, 0.6) is 0 Å². The average Bonchev–Trinajstić information content (AvgIpc) is 2.19. The fraction of sp³-hybridized carbons (Fsp3) is 0.455. The second-order valence-corrected chi connectivity index (χ2v) is 4.49. The van der Waals surface area contributed by atoms with E-state index < -0.39 is 0 Å². The maximum Gasteiger partial charge on any atom is 0.0347 e. The molecule has 0 saturated heterocycles. The Morgan fingerprint density at radius 1 is 1.50 bits per heavy atom. The SMILES string of the molecule is CNC(C)CCc1cc(Br)ccc1N. The van der Waals surface area contributed by atoms with Gasteiger partial charge in [0, 0.05) is 16.2 Å². The van der Waals surface area contributed by atoms with E-state index in [0.29, 0.717) is 6.04 Å². The normalized spacial score (nSPS) is 12.8. The summed E-state index contributed by atoms with van der Waals surface area (Å²) in [7, 11) is 1.98. The molecule has 78 valence electrons. The van der Waals surface area contributed by atoms with Gasteiger partial charge in [-0.3, -0.25) is 0 Å². The molecule has 0 amide bonds. The van der Waals surface area contributed by atoms with E-state index in [1.165, 1.54) is 5.56 Å². The number of hydrogen-bond acceptors (Lipinski definition) is 2. The molecule has 0 bridgehead atoms. The van der Waals surface area contributed by atoms with Crippen molar-refractivity contribution in [2.24, 2.45) is 0 Å². The number of aryl methyl sites for hydroxylation is 1. The molecule has 3 N–H and O–H groups in total. The van der Waals surface area contributed by atoms with Crippen LogP contribution in [0.15, 0.2) is 22.7 Å². The van der Waals surface area contributed by atoms with Crippen LogP contribution in [0.25, 0.3) is 0 Å². The number of rotatable bonds is 4. The van der Waals surface area contributed by atoms with Gasteiger partial charge in [0.05, 0.1) is 0 Å². The van der Waals surface area contributed by atoms with Crippen molar-refractivity contribution in [2.45, 2.75) is 25.8 Å². The van der Waals surface area contributed by atoms with Crippen molar-refractivity contribution in [3.8, 4) is 0 Å². The van der Waals surface area contributed by atoms with Crippen LogP contribution >= 0.6 is 15.9 Å². The number of hydrogen-bond donors (Lipinski definition) is 2. The predicted octanol–water partition coefficient (Wildman–Crippen LogP) is 2.57. The third-order valence-corrected chi connectivity index (χ3v) is 2.94. The van der Waals surface area contributed by atoms with E-state index in [0.717, 1.165) is 23.0 Å². The second kappa shape index (κ2) is 5.37. The van der Waals surface area contributed by atoms with Gasteiger partial charge in [-0.2, -0.15) is 0 Å². The van der Waals surface area contributed by atoms with Gasteiger partial charge in [-0.15, -0.1) is 0 Å². The molecule has 0 aliphatic carbocycles. The lowest BCUT2D eigenvalue weighted by Crippen LogP contribution is -2.21. The molecule has 0 fully saturated rings. The molecule has 2 nitrogen and oxygen atoms in total. The van der Waals surface area contributed by atoms with E-state index in [2.05, 4.69) is 34.2 Å². The van der Waals surface area contributed by atoms with Gasteiger partial charge in [-0.05, 0) is 50.6 Å². The molecule has 0 aromatic heterocycles. The third kappa shape index (κ3) is 3.31. The van der Waals surface area contributed by atoms with Gasteiger partial charge in [0.15, 0.2) is 0 Å². The molecular weight excluding hydrogens is 240 g/mol. The Balaban J connectivity index is 2.62. The zero-order chi connectivity index (χ0) is 10.6. The van der Waals surface area contributed by atoms with Crippen LogP contribution in [0, 0.1) is 0 Å². The molecule has 1 atom stereocenters. The standard InChI is InChI=1S/C11H17BrN2/c1-8(14-2)3-4-9-7-10(12)5-6-11(9)13/h5-8,14H,3-4,13H2,1-2H3. The number of nitrogens with one attached hydrogen (secondary N) is 1. The van der Waals surface area contributed by atoms with Crippen LogP contribution in [0.1, 0.15) is 18.9 Å². The van der Waals surface area contributed by atoms with E-state index >= 15 is 0 Å². The first-order valence-electron chi connectivity index (χ1n) is 4.84. The number of nitrogens with two attached hydrogens (primary N) is 1. The zero-order valence-electron chi connectivity index (χ0n) is 8.68. The van der Waals surface area contributed by atoms with Crippen molar-refractivity contribution in [3.63, 3.8) is 0 Å². The summed E-state index contributed by atoms with van der Waals surface area (Å²) in [5.41, 5.74) is 7.99. The van der Waals surface area contributed by atoms with Crippen LogP contribution in [-0.4, -0.2) is 13.1 Å². The van der Waals surface area contributed by atoms with Crippen molar-refractivity contribution in [3.05, 3.63) is 28.2 Å². The summed E-state index contributed by atoms with van der Waals surface area (Å²) in [6.45, 7) is 2.17. The minimum absolute atomic E-state index is 0.536. The zero-order valence-corrected chi connectivity index (χ0v) is 10.3. The van der Waals surface area contributed by atoms with Gasteiger partial charge in [0.1, 0.15) is 0 Å². The van der Waals surface area contributed by atoms with Crippen LogP contribution in [0.3, 0.4) is 0 Å². The smallest absolute Gasteiger partial charge is 0.0347 e. The lowest BCUT2D eigenvalue weighted by atomic mass is 10.0. The molecule has 0 spiro atoms. The molecule has 14 heavy (non-hydrogen) atoms. The molecule has 3 heteroatoms. The van der Waals surface area contributed by atoms with Gasteiger partial charge in [-0.1, -0.05) is 15.9 Å². The van der Waals surface area contributed by atoms with E-state index in [1.807, 2.05) is 19.2 Å². The third-order valence-electron chi connectivity index (χ3n) is 2.44. The monoisotopic (exact) mass is 256 g/mol. The number of benzene rings is 1. The first-order valence-corrected chi connectivity index (χ1v) is 5.64. The van der Waals surface area contributed by atoms with Crippen molar-refractivity contribution in [2.75, 3.05) is 12.8 Å².